The number of alkyl carbamates (subject to hydrolysis) is 1. The maximum atomic E-state index is 11.8. The smallest absolute Gasteiger partial charge is 0.407 e. The van der Waals surface area contributed by atoms with Crippen molar-refractivity contribution in [2.75, 3.05) is 6.54 Å². The number of hydrogen-bond acceptors (Lipinski definition) is 3. The third-order valence-corrected chi connectivity index (χ3v) is 3.88. The third-order valence-electron chi connectivity index (χ3n) is 3.88. The minimum Gasteiger partial charge on any atom is -0.444 e. The van der Waals surface area contributed by atoms with Gasteiger partial charge in [-0.2, -0.15) is 0 Å². The van der Waals surface area contributed by atoms with Crippen molar-refractivity contribution in [3.05, 3.63) is 0 Å². The van der Waals surface area contributed by atoms with Gasteiger partial charge in [-0.1, -0.05) is 12.8 Å². The predicted molar refractivity (Wildman–Crippen MR) is 71.5 cm³/mol. The van der Waals surface area contributed by atoms with Crippen LogP contribution in [-0.2, 0) is 4.74 Å². The van der Waals surface area contributed by atoms with E-state index in [0.717, 1.165) is 18.9 Å². The molecule has 1 aliphatic carbocycles. The summed E-state index contributed by atoms with van der Waals surface area (Å²) >= 11 is 0. The Morgan fingerprint density at radius 2 is 1.89 bits per heavy atom. The van der Waals surface area contributed by atoms with E-state index >= 15 is 0 Å². The normalized spacial score (nSPS) is 29.5. The van der Waals surface area contributed by atoms with Gasteiger partial charge in [0.1, 0.15) is 5.60 Å². The molecule has 0 spiro atoms. The lowest BCUT2D eigenvalue weighted by atomic mass is 9.93. The summed E-state index contributed by atoms with van der Waals surface area (Å²) in [6.45, 7) is 6.69. The summed E-state index contributed by atoms with van der Waals surface area (Å²) in [5.41, 5.74) is -0.418. The van der Waals surface area contributed by atoms with E-state index in [1.807, 2.05) is 20.8 Å². The van der Waals surface area contributed by atoms with E-state index in [2.05, 4.69) is 10.6 Å². The number of rotatable bonds is 2. The van der Waals surface area contributed by atoms with Gasteiger partial charge in [-0.25, -0.2) is 4.79 Å². The summed E-state index contributed by atoms with van der Waals surface area (Å²) in [6.07, 6.45) is 6.00. The van der Waals surface area contributed by atoms with Gasteiger partial charge in [0.25, 0.3) is 0 Å². The zero-order chi connectivity index (χ0) is 13.2. The second-order valence-electron chi connectivity index (χ2n) is 6.57. The van der Waals surface area contributed by atoms with Crippen LogP contribution in [-0.4, -0.2) is 30.3 Å². The molecule has 4 nitrogen and oxygen atoms in total. The van der Waals surface area contributed by atoms with Crippen LogP contribution in [0.25, 0.3) is 0 Å². The van der Waals surface area contributed by atoms with Crippen LogP contribution in [0.15, 0.2) is 0 Å². The summed E-state index contributed by atoms with van der Waals surface area (Å²) in [4.78, 5) is 11.8. The Morgan fingerprint density at radius 3 is 2.50 bits per heavy atom. The van der Waals surface area contributed by atoms with Crippen LogP contribution >= 0.6 is 0 Å². The fraction of sp³-hybridized carbons (Fsp3) is 0.929. The molecule has 2 N–H and O–H groups in total. The van der Waals surface area contributed by atoms with E-state index in [1.165, 1.54) is 25.7 Å². The van der Waals surface area contributed by atoms with Crippen LogP contribution in [0.1, 0.15) is 52.9 Å². The lowest BCUT2D eigenvalue weighted by molar-refractivity contribution is 0.0494. The zero-order valence-electron chi connectivity index (χ0n) is 11.8. The lowest BCUT2D eigenvalue weighted by Gasteiger charge is -2.27. The molecule has 0 bridgehead atoms. The average Bonchev–Trinajstić information content (AvgIpc) is 2.82. The molecule has 18 heavy (non-hydrogen) atoms. The highest BCUT2D eigenvalue weighted by molar-refractivity contribution is 5.68. The lowest BCUT2D eigenvalue weighted by Crippen LogP contribution is -2.48. The molecule has 0 aromatic heterocycles. The highest BCUT2D eigenvalue weighted by atomic mass is 16.6. The first kappa shape index (κ1) is 13.7. The van der Waals surface area contributed by atoms with Crippen LogP contribution in [0.2, 0.25) is 0 Å². The first-order valence-electron chi connectivity index (χ1n) is 7.18. The molecule has 0 aromatic carbocycles. The molecular weight excluding hydrogens is 228 g/mol. The van der Waals surface area contributed by atoms with E-state index in [-0.39, 0.29) is 12.1 Å². The highest BCUT2D eigenvalue weighted by Crippen LogP contribution is 2.31. The van der Waals surface area contributed by atoms with Gasteiger partial charge in [0.05, 0.1) is 0 Å². The minimum absolute atomic E-state index is 0.239. The van der Waals surface area contributed by atoms with E-state index < -0.39 is 5.60 Å². The summed E-state index contributed by atoms with van der Waals surface area (Å²) in [5.74, 6) is 0.729. The average molecular weight is 254 g/mol. The van der Waals surface area contributed by atoms with Crippen molar-refractivity contribution in [3.63, 3.8) is 0 Å². The molecule has 0 radical (unpaired) electrons. The largest absolute Gasteiger partial charge is 0.444 e. The Balaban J connectivity index is 1.85. The van der Waals surface area contributed by atoms with Crippen LogP contribution in [0.4, 0.5) is 4.79 Å². The Morgan fingerprint density at radius 1 is 1.22 bits per heavy atom. The van der Waals surface area contributed by atoms with Gasteiger partial charge >= 0.3 is 6.09 Å². The van der Waals surface area contributed by atoms with Gasteiger partial charge in [-0.05, 0) is 52.5 Å². The molecule has 2 rings (SSSR count). The van der Waals surface area contributed by atoms with Crippen LogP contribution < -0.4 is 10.6 Å². The first-order valence-corrected chi connectivity index (χ1v) is 7.18. The van der Waals surface area contributed by atoms with E-state index in [4.69, 9.17) is 4.74 Å². The Hall–Kier alpha value is -0.770. The summed E-state index contributed by atoms with van der Waals surface area (Å²) in [5, 5.41) is 6.59. The second kappa shape index (κ2) is 5.47. The topological polar surface area (TPSA) is 50.4 Å². The second-order valence-corrected chi connectivity index (χ2v) is 6.57. The number of carbonyl (C=O) groups excluding carboxylic acids is 1. The molecule has 1 saturated heterocycles. The molecular formula is C14H26N2O2. The van der Waals surface area contributed by atoms with Gasteiger partial charge in [0.15, 0.2) is 0 Å². The van der Waals surface area contributed by atoms with Crippen LogP contribution in [0.3, 0.4) is 0 Å². The van der Waals surface area contributed by atoms with Crippen molar-refractivity contribution in [2.24, 2.45) is 5.92 Å². The van der Waals surface area contributed by atoms with E-state index in [0.29, 0.717) is 6.04 Å². The number of hydrogen-bond donors (Lipinski definition) is 2. The monoisotopic (exact) mass is 254 g/mol. The Labute approximate surface area is 110 Å². The molecule has 2 aliphatic rings. The molecule has 0 aromatic rings. The maximum Gasteiger partial charge on any atom is 0.407 e. The number of carbonyl (C=O) groups is 1. The predicted octanol–water partition coefficient (Wildman–Crippen LogP) is 2.43. The summed E-state index contributed by atoms with van der Waals surface area (Å²) < 4.78 is 5.33. The molecule has 2 atom stereocenters. The number of ether oxygens (including phenoxy) is 1. The van der Waals surface area contributed by atoms with Crippen LogP contribution in [0.5, 0.6) is 0 Å². The molecule has 104 valence electrons. The Bertz CT molecular complexity index is 293. The maximum absolute atomic E-state index is 11.8. The van der Waals surface area contributed by atoms with Crippen molar-refractivity contribution in [1.29, 1.82) is 0 Å². The van der Waals surface area contributed by atoms with Gasteiger partial charge in [0, 0.05) is 12.1 Å². The molecule has 2 fully saturated rings. The van der Waals surface area contributed by atoms with Crippen LogP contribution in [0, 0.1) is 5.92 Å². The van der Waals surface area contributed by atoms with Crippen molar-refractivity contribution in [3.8, 4) is 0 Å². The summed E-state index contributed by atoms with van der Waals surface area (Å²) in [7, 11) is 0. The highest BCUT2D eigenvalue weighted by Gasteiger charge is 2.36. The molecule has 1 heterocycles. The zero-order valence-corrected chi connectivity index (χ0v) is 11.8. The SMILES string of the molecule is CC(C)(C)OC(=O)N[C@@H]1CCN[C@H]1C1CCCC1. The van der Waals surface area contributed by atoms with Crippen molar-refractivity contribution >= 4 is 6.09 Å². The molecule has 0 unspecified atom stereocenters. The van der Waals surface area contributed by atoms with Gasteiger partial charge < -0.3 is 15.4 Å². The molecule has 1 saturated carbocycles. The van der Waals surface area contributed by atoms with Crippen molar-refractivity contribution < 1.29 is 9.53 Å². The molecule has 4 heteroatoms. The number of nitrogens with one attached hydrogen (secondary N) is 2. The minimum atomic E-state index is -0.418. The van der Waals surface area contributed by atoms with E-state index in [1.54, 1.807) is 0 Å². The third kappa shape index (κ3) is 3.61. The van der Waals surface area contributed by atoms with Crippen molar-refractivity contribution in [2.45, 2.75) is 70.6 Å². The Kier molecular flexibility index (Phi) is 4.15. The number of amides is 1. The molecule has 1 amide bonds. The fourth-order valence-electron chi connectivity index (χ4n) is 3.16. The quantitative estimate of drug-likeness (QED) is 0.795. The standard InChI is InChI=1S/C14H26N2O2/c1-14(2,3)18-13(17)16-11-8-9-15-12(11)10-6-4-5-7-10/h10-12,15H,4-9H2,1-3H3,(H,16,17)/t11-,12+/m1/s1. The first-order chi connectivity index (χ1) is 8.46. The summed E-state index contributed by atoms with van der Waals surface area (Å²) in [6, 6.07) is 0.683. The van der Waals surface area contributed by atoms with E-state index in [9.17, 15) is 4.79 Å². The van der Waals surface area contributed by atoms with Gasteiger partial charge in [-0.3, -0.25) is 0 Å². The fourth-order valence-corrected chi connectivity index (χ4v) is 3.16. The molecule has 1 aliphatic heterocycles. The van der Waals surface area contributed by atoms with Gasteiger partial charge in [-0.15, -0.1) is 0 Å². The van der Waals surface area contributed by atoms with Crippen molar-refractivity contribution in [1.82, 2.24) is 10.6 Å². The van der Waals surface area contributed by atoms with Gasteiger partial charge in [0.2, 0.25) is 0 Å².